The summed E-state index contributed by atoms with van der Waals surface area (Å²) in [7, 11) is 0. The van der Waals surface area contributed by atoms with Gasteiger partial charge in [0.25, 0.3) is 0 Å². The van der Waals surface area contributed by atoms with Gasteiger partial charge < -0.3 is 5.32 Å². The third-order valence-electron chi connectivity index (χ3n) is 1.90. The molecule has 1 aliphatic heterocycles. The molecule has 0 aliphatic carbocycles. The van der Waals surface area contributed by atoms with Crippen LogP contribution in [0.25, 0.3) is 0 Å². The van der Waals surface area contributed by atoms with Crippen molar-refractivity contribution in [2.24, 2.45) is 0 Å². The summed E-state index contributed by atoms with van der Waals surface area (Å²) in [6.45, 7) is 3.41. The van der Waals surface area contributed by atoms with Crippen LogP contribution in [0.2, 0.25) is 0 Å². The molecule has 1 heterocycles. The molecule has 3 amide bonds. The van der Waals surface area contributed by atoms with Gasteiger partial charge in [0.05, 0.1) is 0 Å². The minimum atomic E-state index is -0.583. The van der Waals surface area contributed by atoms with E-state index in [2.05, 4.69) is 17.2 Å². The highest BCUT2D eigenvalue weighted by Crippen LogP contribution is 2.04. The monoisotopic (exact) mass is 196 g/mol. The molecule has 1 rings (SSSR count). The van der Waals surface area contributed by atoms with Gasteiger partial charge in [-0.25, -0.2) is 0 Å². The van der Waals surface area contributed by atoms with Crippen LogP contribution in [0, 0.1) is 0 Å². The normalized spacial score (nSPS) is 21.3. The predicted molar refractivity (Wildman–Crippen MR) is 49.1 cm³/mol. The van der Waals surface area contributed by atoms with E-state index < -0.39 is 11.9 Å². The van der Waals surface area contributed by atoms with Crippen molar-refractivity contribution in [3.63, 3.8) is 0 Å². The third kappa shape index (κ3) is 2.69. The molecule has 0 bridgehead atoms. The van der Waals surface area contributed by atoms with Gasteiger partial charge in [0.1, 0.15) is 6.04 Å². The second-order valence-corrected chi connectivity index (χ2v) is 3.06. The fourth-order valence-electron chi connectivity index (χ4n) is 1.22. The molecular weight excluding hydrogens is 184 g/mol. The van der Waals surface area contributed by atoms with Crippen molar-refractivity contribution < 1.29 is 14.4 Å². The Kier molecular flexibility index (Phi) is 3.39. The molecule has 0 aromatic rings. The SMILES string of the molecule is C=CCC(=O)NC1CCC(=O)NC1=O. The van der Waals surface area contributed by atoms with Crippen LogP contribution in [0.15, 0.2) is 12.7 Å². The number of hydrogen-bond donors (Lipinski definition) is 2. The number of amides is 3. The van der Waals surface area contributed by atoms with E-state index in [-0.39, 0.29) is 24.7 Å². The second-order valence-electron chi connectivity index (χ2n) is 3.06. The van der Waals surface area contributed by atoms with Crippen molar-refractivity contribution in [3.8, 4) is 0 Å². The number of carbonyl (C=O) groups excluding carboxylic acids is 3. The van der Waals surface area contributed by atoms with Crippen molar-refractivity contribution in [2.45, 2.75) is 25.3 Å². The van der Waals surface area contributed by atoms with Crippen LogP contribution >= 0.6 is 0 Å². The highest BCUT2D eigenvalue weighted by molar-refractivity contribution is 6.01. The molecule has 1 unspecified atom stereocenters. The topological polar surface area (TPSA) is 75.3 Å². The van der Waals surface area contributed by atoms with E-state index >= 15 is 0 Å². The molecular formula is C9H12N2O3. The summed E-state index contributed by atoms with van der Waals surface area (Å²) in [6, 6.07) is -0.583. The Bertz CT molecular complexity index is 286. The van der Waals surface area contributed by atoms with Gasteiger partial charge in [0.15, 0.2) is 0 Å². The highest BCUT2D eigenvalue weighted by Gasteiger charge is 2.27. The van der Waals surface area contributed by atoms with Crippen molar-refractivity contribution in [3.05, 3.63) is 12.7 Å². The maximum atomic E-state index is 11.2. The first-order valence-electron chi connectivity index (χ1n) is 4.37. The smallest absolute Gasteiger partial charge is 0.249 e. The Morgan fingerprint density at radius 3 is 2.93 bits per heavy atom. The highest BCUT2D eigenvalue weighted by atomic mass is 16.2. The number of nitrogens with one attached hydrogen (secondary N) is 2. The van der Waals surface area contributed by atoms with Crippen LogP contribution in [-0.2, 0) is 14.4 Å². The van der Waals surface area contributed by atoms with Crippen molar-refractivity contribution in [2.75, 3.05) is 0 Å². The summed E-state index contributed by atoms with van der Waals surface area (Å²) in [5.41, 5.74) is 0. The molecule has 1 atom stereocenters. The fraction of sp³-hybridized carbons (Fsp3) is 0.444. The van der Waals surface area contributed by atoms with E-state index in [9.17, 15) is 14.4 Å². The minimum absolute atomic E-state index is 0.178. The summed E-state index contributed by atoms with van der Waals surface area (Å²) in [4.78, 5) is 33.0. The molecule has 0 aromatic carbocycles. The molecule has 5 nitrogen and oxygen atoms in total. The van der Waals surface area contributed by atoms with Crippen LogP contribution < -0.4 is 10.6 Å². The minimum Gasteiger partial charge on any atom is -0.344 e. The first-order chi connectivity index (χ1) is 6.63. The van der Waals surface area contributed by atoms with Crippen molar-refractivity contribution in [1.29, 1.82) is 0 Å². The Hall–Kier alpha value is -1.65. The van der Waals surface area contributed by atoms with E-state index in [0.717, 1.165) is 0 Å². The first-order valence-corrected chi connectivity index (χ1v) is 4.37. The molecule has 0 spiro atoms. The van der Waals surface area contributed by atoms with E-state index in [1.54, 1.807) is 0 Å². The van der Waals surface area contributed by atoms with Gasteiger partial charge in [0.2, 0.25) is 17.7 Å². The number of imide groups is 1. The van der Waals surface area contributed by atoms with Gasteiger partial charge in [0, 0.05) is 12.8 Å². The number of hydrogen-bond acceptors (Lipinski definition) is 3. The second kappa shape index (κ2) is 4.55. The standard InChI is InChI=1S/C9H12N2O3/c1-2-3-7(12)10-6-4-5-8(13)11-9(6)14/h2,6H,1,3-5H2,(H,10,12)(H,11,13,14). The first kappa shape index (κ1) is 10.4. The molecule has 0 saturated carbocycles. The van der Waals surface area contributed by atoms with E-state index in [1.165, 1.54) is 6.08 Å². The molecule has 0 aromatic heterocycles. The molecule has 76 valence electrons. The van der Waals surface area contributed by atoms with E-state index in [1.807, 2.05) is 0 Å². The molecule has 1 aliphatic rings. The van der Waals surface area contributed by atoms with Crippen molar-refractivity contribution >= 4 is 17.7 Å². The van der Waals surface area contributed by atoms with Gasteiger partial charge in [-0.05, 0) is 6.42 Å². The average molecular weight is 196 g/mol. The van der Waals surface area contributed by atoms with Gasteiger partial charge in [-0.3, -0.25) is 19.7 Å². The lowest BCUT2D eigenvalue weighted by Crippen LogP contribution is -2.52. The zero-order valence-electron chi connectivity index (χ0n) is 7.71. The van der Waals surface area contributed by atoms with Gasteiger partial charge in [-0.15, -0.1) is 6.58 Å². The maximum absolute atomic E-state index is 11.2. The third-order valence-corrected chi connectivity index (χ3v) is 1.90. The Morgan fingerprint density at radius 2 is 2.36 bits per heavy atom. The summed E-state index contributed by atoms with van der Waals surface area (Å²) in [6.07, 6.45) is 2.28. The van der Waals surface area contributed by atoms with Gasteiger partial charge >= 0.3 is 0 Å². The van der Waals surface area contributed by atoms with Crippen LogP contribution in [-0.4, -0.2) is 23.8 Å². The molecule has 1 fully saturated rings. The maximum Gasteiger partial charge on any atom is 0.249 e. The largest absolute Gasteiger partial charge is 0.344 e. The zero-order chi connectivity index (χ0) is 10.6. The van der Waals surface area contributed by atoms with Gasteiger partial charge in [-0.2, -0.15) is 0 Å². The van der Waals surface area contributed by atoms with Crippen LogP contribution in [0.4, 0.5) is 0 Å². The number of rotatable bonds is 3. The van der Waals surface area contributed by atoms with E-state index in [4.69, 9.17) is 0 Å². The van der Waals surface area contributed by atoms with Crippen LogP contribution in [0.3, 0.4) is 0 Å². The summed E-state index contributed by atoms with van der Waals surface area (Å²) in [5.74, 6) is -0.975. The fourth-order valence-corrected chi connectivity index (χ4v) is 1.22. The molecule has 2 N–H and O–H groups in total. The molecule has 1 saturated heterocycles. The Balaban J connectivity index is 2.45. The van der Waals surface area contributed by atoms with Gasteiger partial charge in [-0.1, -0.05) is 6.08 Å². The Morgan fingerprint density at radius 1 is 1.64 bits per heavy atom. The lowest BCUT2D eigenvalue weighted by molar-refractivity contribution is -0.137. The van der Waals surface area contributed by atoms with E-state index in [0.29, 0.717) is 6.42 Å². The molecule has 5 heteroatoms. The van der Waals surface area contributed by atoms with Crippen LogP contribution in [0.5, 0.6) is 0 Å². The van der Waals surface area contributed by atoms with Crippen LogP contribution in [0.1, 0.15) is 19.3 Å². The number of carbonyl (C=O) groups is 3. The quantitative estimate of drug-likeness (QED) is 0.471. The Labute approximate surface area is 81.5 Å². The summed E-state index contributed by atoms with van der Waals surface area (Å²) >= 11 is 0. The lowest BCUT2D eigenvalue weighted by atomic mass is 10.1. The summed E-state index contributed by atoms with van der Waals surface area (Å²) < 4.78 is 0. The average Bonchev–Trinajstić information content (AvgIpc) is 2.10. The summed E-state index contributed by atoms with van der Waals surface area (Å²) in [5, 5.41) is 4.67. The molecule has 14 heavy (non-hydrogen) atoms. The zero-order valence-corrected chi connectivity index (χ0v) is 7.71. The predicted octanol–water partition coefficient (Wildman–Crippen LogP) is -0.516. The number of piperidine rings is 1. The molecule has 0 radical (unpaired) electrons. The van der Waals surface area contributed by atoms with Crippen molar-refractivity contribution in [1.82, 2.24) is 10.6 Å². The lowest BCUT2D eigenvalue weighted by Gasteiger charge is -2.21.